The molecule has 3 heteroatoms. The molecule has 0 amide bonds. The zero-order valence-electron chi connectivity index (χ0n) is 12.1. The maximum absolute atomic E-state index is 9.47. The smallest absolute Gasteiger partial charge is 0.0610 e. The van der Waals surface area contributed by atoms with Crippen LogP contribution in [-0.2, 0) is 0 Å². The van der Waals surface area contributed by atoms with E-state index >= 15 is 0 Å². The molecule has 1 aliphatic heterocycles. The second-order valence-electron chi connectivity index (χ2n) is 6.51. The van der Waals surface area contributed by atoms with Crippen molar-refractivity contribution in [3.8, 4) is 0 Å². The zero-order chi connectivity index (χ0) is 13.0. The molecule has 1 heterocycles. The first kappa shape index (κ1) is 14.3. The van der Waals surface area contributed by atoms with Crippen LogP contribution < -0.4 is 5.32 Å². The van der Waals surface area contributed by atoms with Crippen molar-refractivity contribution in [2.24, 2.45) is 5.92 Å². The van der Waals surface area contributed by atoms with E-state index in [4.69, 9.17) is 0 Å². The summed E-state index contributed by atoms with van der Waals surface area (Å²) in [6.07, 6.45) is 9.58. The number of likely N-dealkylation sites (N-methyl/N-ethyl adjacent to an activating group) is 1. The number of aliphatic hydroxyl groups is 1. The molecule has 0 aromatic rings. The summed E-state index contributed by atoms with van der Waals surface area (Å²) >= 11 is 0. The van der Waals surface area contributed by atoms with Crippen LogP contribution in [0.3, 0.4) is 0 Å². The number of fused-ring (bicyclic) bond motifs is 1. The fourth-order valence-electron chi connectivity index (χ4n) is 3.68. The Balaban J connectivity index is 1.87. The van der Waals surface area contributed by atoms with Crippen LogP contribution in [0.2, 0.25) is 0 Å². The standard InChI is InChI=1S/C15H30N2O/c1-15(12-18,16-2)9-11-17-10-5-7-13-6-3-4-8-14(13)17/h13-14,16,18H,3-12H2,1-2H3/t13-,14-,15?/m1/s1. The molecule has 3 nitrogen and oxygen atoms in total. The number of hydrogen-bond acceptors (Lipinski definition) is 3. The van der Waals surface area contributed by atoms with Crippen molar-refractivity contribution in [1.82, 2.24) is 10.2 Å². The average molecular weight is 254 g/mol. The molecule has 1 unspecified atom stereocenters. The maximum Gasteiger partial charge on any atom is 0.0610 e. The van der Waals surface area contributed by atoms with Gasteiger partial charge in [-0.2, -0.15) is 0 Å². The summed E-state index contributed by atoms with van der Waals surface area (Å²) in [5, 5.41) is 12.7. The molecule has 0 bridgehead atoms. The Labute approximate surface area is 112 Å². The molecule has 106 valence electrons. The highest BCUT2D eigenvalue weighted by Crippen LogP contribution is 2.35. The van der Waals surface area contributed by atoms with Crippen LogP contribution in [0, 0.1) is 5.92 Å². The summed E-state index contributed by atoms with van der Waals surface area (Å²) in [7, 11) is 1.95. The molecule has 2 aliphatic rings. The van der Waals surface area contributed by atoms with Crippen molar-refractivity contribution in [3.63, 3.8) is 0 Å². The second kappa shape index (κ2) is 6.36. The lowest BCUT2D eigenvalue weighted by atomic mass is 9.78. The first-order valence-corrected chi connectivity index (χ1v) is 7.72. The number of hydrogen-bond donors (Lipinski definition) is 2. The van der Waals surface area contributed by atoms with Crippen LogP contribution in [0.1, 0.15) is 51.9 Å². The lowest BCUT2D eigenvalue weighted by molar-refractivity contribution is 0.0485. The van der Waals surface area contributed by atoms with Gasteiger partial charge in [0.05, 0.1) is 6.61 Å². The van der Waals surface area contributed by atoms with Crippen molar-refractivity contribution >= 4 is 0 Å². The first-order valence-electron chi connectivity index (χ1n) is 7.72. The quantitative estimate of drug-likeness (QED) is 0.788. The Bertz CT molecular complexity index is 251. The fraction of sp³-hybridized carbons (Fsp3) is 1.00. The molecule has 0 radical (unpaired) electrons. The monoisotopic (exact) mass is 254 g/mol. The van der Waals surface area contributed by atoms with Gasteiger partial charge in [0.25, 0.3) is 0 Å². The van der Waals surface area contributed by atoms with Gasteiger partial charge in [-0.1, -0.05) is 12.8 Å². The van der Waals surface area contributed by atoms with Gasteiger partial charge in [0.2, 0.25) is 0 Å². The minimum atomic E-state index is -0.110. The molecule has 0 spiro atoms. The molecular weight excluding hydrogens is 224 g/mol. The van der Waals surface area contributed by atoms with Crippen LogP contribution >= 0.6 is 0 Å². The highest BCUT2D eigenvalue weighted by molar-refractivity contribution is 4.89. The third-order valence-corrected chi connectivity index (χ3v) is 5.26. The van der Waals surface area contributed by atoms with Crippen LogP contribution in [0.4, 0.5) is 0 Å². The van der Waals surface area contributed by atoms with Gasteiger partial charge in [-0.15, -0.1) is 0 Å². The summed E-state index contributed by atoms with van der Waals surface area (Å²) in [6.45, 7) is 4.76. The SMILES string of the molecule is CNC(C)(CO)CCN1CCC[C@H]2CCCC[C@H]21. The van der Waals surface area contributed by atoms with Crippen LogP contribution in [0.25, 0.3) is 0 Å². The van der Waals surface area contributed by atoms with Gasteiger partial charge < -0.3 is 15.3 Å². The van der Waals surface area contributed by atoms with Crippen molar-refractivity contribution < 1.29 is 5.11 Å². The number of aliphatic hydroxyl groups excluding tert-OH is 1. The van der Waals surface area contributed by atoms with Gasteiger partial charge in [-0.3, -0.25) is 0 Å². The maximum atomic E-state index is 9.47. The third kappa shape index (κ3) is 3.25. The molecule has 18 heavy (non-hydrogen) atoms. The number of piperidine rings is 1. The summed E-state index contributed by atoms with van der Waals surface area (Å²) in [5.41, 5.74) is -0.110. The molecule has 1 aliphatic carbocycles. The minimum Gasteiger partial charge on any atom is -0.394 e. The number of likely N-dealkylation sites (tertiary alicyclic amines) is 1. The third-order valence-electron chi connectivity index (χ3n) is 5.26. The van der Waals surface area contributed by atoms with Crippen LogP contribution in [-0.4, -0.2) is 48.3 Å². The predicted molar refractivity (Wildman–Crippen MR) is 75.7 cm³/mol. The fourth-order valence-corrected chi connectivity index (χ4v) is 3.68. The molecule has 2 fully saturated rings. The Hall–Kier alpha value is -0.120. The molecule has 3 atom stereocenters. The average Bonchev–Trinajstić information content (AvgIpc) is 2.44. The second-order valence-corrected chi connectivity index (χ2v) is 6.51. The molecular formula is C15H30N2O. The molecule has 2 rings (SSSR count). The Kier molecular flexibility index (Phi) is 5.05. The van der Waals surface area contributed by atoms with Crippen molar-refractivity contribution in [2.75, 3.05) is 26.7 Å². The minimum absolute atomic E-state index is 0.110. The van der Waals surface area contributed by atoms with E-state index in [1.54, 1.807) is 0 Å². The van der Waals surface area contributed by atoms with E-state index in [1.165, 1.54) is 45.1 Å². The Morgan fingerprint density at radius 3 is 2.67 bits per heavy atom. The lowest BCUT2D eigenvalue weighted by Crippen LogP contribution is -2.51. The summed E-state index contributed by atoms with van der Waals surface area (Å²) in [5.74, 6) is 0.961. The van der Waals surface area contributed by atoms with E-state index in [0.717, 1.165) is 24.9 Å². The summed E-state index contributed by atoms with van der Waals surface area (Å²) < 4.78 is 0. The molecule has 0 aromatic heterocycles. The number of nitrogens with one attached hydrogen (secondary N) is 1. The summed E-state index contributed by atoms with van der Waals surface area (Å²) in [4.78, 5) is 2.71. The van der Waals surface area contributed by atoms with E-state index in [-0.39, 0.29) is 12.1 Å². The van der Waals surface area contributed by atoms with Crippen molar-refractivity contribution in [3.05, 3.63) is 0 Å². The van der Waals surface area contributed by atoms with Crippen LogP contribution in [0.5, 0.6) is 0 Å². The van der Waals surface area contributed by atoms with Gasteiger partial charge in [0.1, 0.15) is 0 Å². The highest BCUT2D eigenvalue weighted by Gasteiger charge is 2.33. The van der Waals surface area contributed by atoms with E-state index in [9.17, 15) is 5.11 Å². The van der Waals surface area contributed by atoms with Gasteiger partial charge in [0.15, 0.2) is 0 Å². The molecule has 2 N–H and O–H groups in total. The van der Waals surface area contributed by atoms with Crippen molar-refractivity contribution in [2.45, 2.75) is 63.5 Å². The van der Waals surface area contributed by atoms with Crippen molar-refractivity contribution in [1.29, 1.82) is 0 Å². The molecule has 0 aromatic carbocycles. The van der Waals surface area contributed by atoms with Gasteiger partial charge >= 0.3 is 0 Å². The van der Waals surface area contributed by atoms with E-state index in [2.05, 4.69) is 17.1 Å². The van der Waals surface area contributed by atoms with E-state index in [1.807, 2.05) is 7.05 Å². The largest absolute Gasteiger partial charge is 0.394 e. The first-order chi connectivity index (χ1) is 8.68. The molecule has 1 saturated carbocycles. The van der Waals surface area contributed by atoms with Gasteiger partial charge in [0, 0.05) is 18.1 Å². The topological polar surface area (TPSA) is 35.5 Å². The van der Waals surface area contributed by atoms with Gasteiger partial charge in [-0.05, 0) is 58.5 Å². The van der Waals surface area contributed by atoms with Gasteiger partial charge in [-0.25, -0.2) is 0 Å². The summed E-state index contributed by atoms with van der Waals surface area (Å²) in [6, 6.07) is 0.840. The normalized spacial score (nSPS) is 32.8. The zero-order valence-corrected chi connectivity index (χ0v) is 12.1. The predicted octanol–water partition coefficient (Wildman–Crippen LogP) is 2.00. The number of nitrogens with zero attached hydrogens (tertiary/aromatic N) is 1. The number of rotatable bonds is 5. The van der Waals surface area contributed by atoms with E-state index in [0.29, 0.717) is 0 Å². The Morgan fingerprint density at radius 2 is 1.94 bits per heavy atom. The lowest BCUT2D eigenvalue weighted by Gasteiger charge is -2.45. The Morgan fingerprint density at radius 1 is 1.22 bits per heavy atom. The van der Waals surface area contributed by atoms with E-state index < -0.39 is 0 Å². The highest BCUT2D eigenvalue weighted by atomic mass is 16.3. The molecule has 1 saturated heterocycles. The van der Waals surface area contributed by atoms with Crippen LogP contribution in [0.15, 0.2) is 0 Å².